The van der Waals surface area contributed by atoms with Crippen LogP contribution in [0.3, 0.4) is 0 Å². The molecule has 4 rings (SSSR count). The first-order chi connectivity index (χ1) is 18.3. The number of carbonyl (C=O) groups excluding carboxylic acids is 2. The molecule has 2 aliphatic rings. The number of hydrogen-bond acceptors (Lipinski definition) is 4. The second-order valence-corrected chi connectivity index (χ2v) is 11.1. The molecule has 2 amide bonds. The Kier molecular flexibility index (Phi) is 8.03. The summed E-state index contributed by atoms with van der Waals surface area (Å²) in [5.41, 5.74) is -0.168. The molecular formula is C29H32F4N4O2. The van der Waals surface area contributed by atoms with Gasteiger partial charge in [-0.2, -0.15) is 18.4 Å². The highest BCUT2D eigenvalue weighted by Gasteiger charge is 2.48. The Morgan fingerprint density at radius 1 is 1.10 bits per heavy atom. The van der Waals surface area contributed by atoms with Gasteiger partial charge in [-0.25, -0.2) is 4.39 Å². The normalized spacial score (nSPS) is 20.2. The van der Waals surface area contributed by atoms with Gasteiger partial charge in [-0.05, 0) is 67.1 Å². The molecule has 10 heteroatoms. The van der Waals surface area contributed by atoms with Gasteiger partial charge in [0.2, 0.25) is 5.91 Å². The molecule has 208 valence electrons. The van der Waals surface area contributed by atoms with Gasteiger partial charge in [0.1, 0.15) is 11.9 Å². The number of nitriles is 1. The number of nitrogens with one attached hydrogen (secondary N) is 1. The van der Waals surface area contributed by atoms with Crippen LogP contribution >= 0.6 is 0 Å². The van der Waals surface area contributed by atoms with Crippen molar-refractivity contribution in [3.8, 4) is 6.07 Å². The Hall–Kier alpha value is -3.45. The van der Waals surface area contributed by atoms with E-state index in [1.54, 1.807) is 18.7 Å². The lowest BCUT2D eigenvalue weighted by Gasteiger charge is -2.44. The molecule has 0 aliphatic carbocycles. The molecule has 2 aliphatic heterocycles. The lowest BCUT2D eigenvalue weighted by Crippen LogP contribution is -2.54. The average Bonchev–Trinajstić information content (AvgIpc) is 3.21. The third-order valence-electron chi connectivity index (χ3n) is 8.09. The first-order valence-electron chi connectivity index (χ1n) is 13.0. The number of likely N-dealkylation sites (N-methyl/N-ethyl adjacent to an activating group) is 1. The van der Waals surface area contributed by atoms with E-state index in [0.29, 0.717) is 36.9 Å². The summed E-state index contributed by atoms with van der Waals surface area (Å²) in [5, 5.41) is 11.6. The summed E-state index contributed by atoms with van der Waals surface area (Å²) in [6, 6.07) is 10.4. The molecular weight excluding hydrogens is 512 g/mol. The summed E-state index contributed by atoms with van der Waals surface area (Å²) in [6.07, 6.45) is -3.24. The van der Waals surface area contributed by atoms with Crippen molar-refractivity contribution < 1.29 is 27.2 Å². The van der Waals surface area contributed by atoms with E-state index in [-0.39, 0.29) is 23.2 Å². The van der Waals surface area contributed by atoms with E-state index in [1.165, 1.54) is 0 Å². The summed E-state index contributed by atoms with van der Waals surface area (Å²) >= 11 is 0. The number of amides is 2. The van der Waals surface area contributed by atoms with Crippen molar-refractivity contribution in [1.82, 2.24) is 15.1 Å². The predicted octanol–water partition coefficient (Wildman–Crippen LogP) is 4.81. The Labute approximate surface area is 225 Å². The van der Waals surface area contributed by atoms with Gasteiger partial charge in [0, 0.05) is 32.1 Å². The maximum atomic E-state index is 14.3. The van der Waals surface area contributed by atoms with Crippen molar-refractivity contribution in [2.45, 2.75) is 44.8 Å². The molecule has 1 spiro atoms. The summed E-state index contributed by atoms with van der Waals surface area (Å²) in [7, 11) is 2.07. The van der Waals surface area contributed by atoms with Crippen LogP contribution in [-0.2, 0) is 11.0 Å². The maximum absolute atomic E-state index is 14.3. The van der Waals surface area contributed by atoms with Gasteiger partial charge in [0.25, 0.3) is 5.91 Å². The zero-order valence-electron chi connectivity index (χ0n) is 22.2. The largest absolute Gasteiger partial charge is 0.416 e. The average molecular weight is 545 g/mol. The van der Waals surface area contributed by atoms with Crippen LogP contribution in [0.2, 0.25) is 0 Å². The SMILES string of the molecule is CC(C)[C@@H](NC(=O)c1cc(C(F)(F)F)ccc1F)C(=O)N1CCC2(CC1)CN(C)CC2c1ccc(C#N)cc1. The molecule has 0 bridgehead atoms. The molecule has 39 heavy (non-hydrogen) atoms. The standard InChI is InChI=1S/C29H32F4N4O2/c1-18(2)25(35-26(38)22-14-21(29(31,32)33)8-9-24(22)30)27(39)37-12-10-28(11-13-37)17-36(3)16-23(28)20-6-4-19(15-34)5-7-20/h4-9,14,18,23,25H,10-13,16-17H2,1-3H3,(H,35,38)/t23?,25-/m1/s1. The molecule has 2 heterocycles. The smallest absolute Gasteiger partial charge is 0.341 e. The summed E-state index contributed by atoms with van der Waals surface area (Å²) in [4.78, 5) is 30.3. The van der Waals surface area contributed by atoms with Gasteiger partial charge in [-0.15, -0.1) is 0 Å². The second-order valence-electron chi connectivity index (χ2n) is 11.1. The minimum atomic E-state index is -4.73. The van der Waals surface area contributed by atoms with Crippen molar-refractivity contribution in [2.75, 3.05) is 33.2 Å². The van der Waals surface area contributed by atoms with Gasteiger partial charge >= 0.3 is 6.18 Å². The lowest BCUT2D eigenvalue weighted by atomic mass is 9.68. The molecule has 6 nitrogen and oxygen atoms in total. The van der Waals surface area contributed by atoms with E-state index in [2.05, 4.69) is 23.3 Å². The van der Waals surface area contributed by atoms with Crippen molar-refractivity contribution >= 4 is 11.8 Å². The number of hydrogen-bond donors (Lipinski definition) is 1. The van der Waals surface area contributed by atoms with Crippen molar-refractivity contribution in [2.24, 2.45) is 11.3 Å². The number of piperidine rings is 1. The predicted molar refractivity (Wildman–Crippen MR) is 137 cm³/mol. The maximum Gasteiger partial charge on any atom is 0.416 e. The highest BCUT2D eigenvalue weighted by atomic mass is 19.4. The number of benzene rings is 2. The molecule has 1 N–H and O–H groups in total. The van der Waals surface area contributed by atoms with Crippen LogP contribution in [0.25, 0.3) is 0 Å². The molecule has 0 radical (unpaired) electrons. The summed E-state index contributed by atoms with van der Waals surface area (Å²) < 4.78 is 53.6. The minimum Gasteiger partial charge on any atom is -0.341 e. The fraction of sp³-hybridized carbons (Fsp3) is 0.483. The lowest BCUT2D eigenvalue weighted by molar-refractivity contribution is -0.138. The van der Waals surface area contributed by atoms with Crippen LogP contribution in [-0.4, -0.2) is 60.9 Å². The quantitative estimate of drug-likeness (QED) is 0.549. The molecule has 2 fully saturated rings. The Bertz CT molecular complexity index is 1260. The number of alkyl halides is 3. The molecule has 2 aromatic rings. The molecule has 2 saturated heterocycles. The molecule has 0 aromatic heterocycles. The number of rotatable bonds is 5. The second kappa shape index (κ2) is 11.0. The summed E-state index contributed by atoms with van der Waals surface area (Å²) in [5.74, 6) is -2.60. The van der Waals surface area contributed by atoms with Crippen molar-refractivity contribution in [3.05, 3.63) is 70.5 Å². The van der Waals surface area contributed by atoms with Gasteiger partial charge in [-0.1, -0.05) is 26.0 Å². The number of likely N-dealkylation sites (tertiary alicyclic amines) is 2. The fourth-order valence-electron chi connectivity index (χ4n) is 5.95. The van der Waals surface area contributed by atoms with Crippen LogP contribution in [0.5, 0.6) is 0 Å². The third-order valence-corrected chi connectivity index (χ3v) is 8.09. The van der Waals surface area contributed by atoms with Crippen LogP contribution < -0.4 is 5.32 Å². The zero-order valence-corrected chi connectivity index (χ0v) is 22.2. The Balaban J connectivity index is 1.47. The monoisotopic (exact) mass is 544 g/mol. The topological polar surface area (TPSA) is 76.4 Å². The van der Waals surface area contributed by atoms with Crippen molar-refractivity contribution in [3.63, 3.8) is 0 Å². The van der Waals surface area contributed by atoms with E-state index < -0.39 is 35.1 Å². The third kappa shape index (κ3) is 5.93. The molecule has 1 unspecified atom stereocenters. The minimum absolute atomic E-state index is 0.0442. The van der Waals surface area contributed by atoms with E-state index in [9.17, 15) is 27.2 Å². The number of halogens is 4. The van der Waals surface area contributed by atoms with Crippen LogP contribution in [0, 0.1) is 28.5 Å². The van der Waals surface area contributed by atoms with Crippen LogP contribution in [0.4, 0.5) is 17.6 Å². The van der Waals surface area contributed by atoms with Crippen molar-refractivity contribution in [1.29, 1.82) is 5.26 Å². The highest BCUT2D eigenvalue weighted by Crippen LogP contribution is 2.49. The molecule has 2 atom stereocenters. The van der Waals surface area contributed by atoms with Gasteiger partial charge in [0.15, 0.2) is 0 Å². The first kappa shape index (κ1) is 28.6. The number of carbonyl (C=O) groups is 2. The van der Waals surface area contributed by atoms with E-state index in [1.807, 2.05) is 24.3 Å². The van der Waals surface area contributed by atoms with E-state index in [4.69, 9.17) is 5.26 Å². The molecule has 0 saturated carbocycles. The van der Waals surface area contributed by atoms with Crippen LogP contribution in [0.15, 0.2) is 42.5 Å². The van der Waals surface area contributed by atoms with Gasteiger partial charge in [0.05, 0.1) is 22.8 Å². The Morgan fingerprint density at radius 3 is 2.31 bits per heavy atom. The number of nitrogens with zero attached hydrogens (tertiary/aromatic N) is 3. The van der Waals surface area contributed by atoms with E-state index >= 15 is 0 Å². The highest BCUT2D eigenvalue weighted by molar-refractivity contribution is 5.98. The summed E-state index contributed by atoms with van der Waals surface area (Å²) in [6.45, 7) is 6.13. The fourth-order valence-corrected chi connectivity index (χ4v) is 5.95. The van der Waals surface area contributed by atoms with Gasteiger partial charge in [-0.3, -0.25) is 9.59 Å². The first-order valence-corrected chi connectivity index (χ1v) is 13.0. The van der Waals surface area contributed by atoms with Gasteiger partial charge < -0.3 is 15.1 Å². The van der Waals surface area contributed by atoms with E-state index in [0.717, 1.165) is 31.5 Å². The zero-order chi connectivity index (χ0) is 28.5. The Morgan fingerprint density at radius 2 is 1.74 bits per heavy atom. The van der Waals surface area contributed by atoms with Crippen LogP contribution in [0.1, 0.15) is 59.7 Å². The molecule has 2 aromatic carbocycles.